The summed E-state index contributed by atoms with van der Waals surface area (Å²) >= 11 is 5.98. The van der Waals surface area contributed by atoms with Gasteiger partial charge in [0.2, 0.25) is 0 Å². The second-order valence-corrected chi connectivity index (χ2v) is 4.65. The molecule has 0 saturated carbocycles. The Labute approximate surface area is 90.3 Å². The van der Waals surface area contributed by atoms with Crippen LogP contribution in [0.3, 0.4) is 0 Å². The molecule has 0 bridgehead atoms. The number of nitrogen functional groups attached to an aromatic ring is 1. The van der Waals surface area contributed by atoms with Crippen LogP contribution in [0.1, 0.15) is 26.3 Å². The lowest BCUT2D eigenvalue weighted by atomic mass is 9.97. The molecule has 0 radical (unpaired) electrons. The summed E-state index contributed by atoms with van der Waals surface area (Å²) in [6, 6.07) is 5.36. The fourth-order valence-corrected chi connectivity index (χ4v) is 1.12. The summed E-state index contributed by atoms with van der Waals surface area (Å²) in [5.74, 6) is 6.17. The van der Waals surface area contributed by atoms with Crippen molar-refractivity contribution in [3.63, 3.8) is 0 Å². The molecule has 0 aliphatic rings. The second-order valence-electron chi connectivity index (χ2n) is 4.24. The van der Waals surface area contributed by atoms with Gasteiger partial charge in [0.05, 0.1) is 5.02 Å². The largest absolute Gasteiger partial charge is 0.399 e. The van der Waals surface area contributed by atoms with Crippen molar-refractivity contribution < 1.29 is 0 Å². The van der Waals surface area contributed by atoms with E-state index in [2.05, 4.69) is 32.6 Å². The number of benzene rings is 1. The van der Waals surface area contributed by atoms with Gasteiger partial charge in [-0.3, -0.25) is 0 Å². The van der Waals surface area contributed by atoms with Crippen molar-refractivity contribution in [2.45, 2.75) is 20.8 Å². The molecule has 0 unspecified atom stereocenters. The average Bonchev–Trinajstić information content (AvgIpc) is 2.00. The van der Waals surface area contributed by atoms with Crippen LogP contribution in [0, 0.1) is 17.3 Å². The lowest BCUT2D eigenvalue weighted by Crippen LogP contribution is -1.99. The highest BCUT2D eigenvalue weighted by atomic mass is 35.5. The molecule has 0 spiro atoms. The van der Waals surface area contributed by atoms with Crippen LogP contribution in [0.25, 0.3) is 0 Å². The Hall–Kier alpha value is -1.13. The van der Waals surface area contributed by atoms with Crippen LogP contribution in [-0.2, 0) is 0 Å². The van der Waals surface area contributed by atoms with Crippen LogP contribution in [0.15, 0.2) is 18.2 Å². The molecule has 0 fully saturated rings. The average molecular weight is 208 g/mol. The standard InChI is InChI=1S/C12H14ClN/c1-12(2,3)7-6-9-4-5-10(14)8-11(9)13/h4-5,8H,14H2,1-3H3. The first-order chi connectivity index (χ1) is 6.38. The Bertz CT molecular complexity index is 391. The summed E-state index contributed by atoms with van der Waals surface area (Å²) in [6.07, 6.45) is 0. The highest BCUT2D eigenvalue weighted by molar-refractivity contribution is 6.32. The fraction of sp³-hybridized carbons (Fsp3) is 0.333. The van der Waals surface area contributed by atoms with Crippen LogP contribution in [-0.4, -0.2) is 0 Å². The van der Waals surface area contributed by atoms with Gasteiger partial charge in [-0.15, -0.1) is 0 Å². The van der Waals surface area contributed by atoms with Crippen LogP contribution in [0.2, 0.25) is 5.02 Å². The SMILES string of the molecule is CC(C)(C)C#Cc1ccc(N)cc1Cl. The molecule has 2 N–H and O–H groups in total. The molecule has 1 rings (SSSR count). The Morgan fingerprint density at radius 1 is 1.29 bits per heavy atom. The van der Waals surface area contributed by atoms with Crippen LogP contribution in [0.5, 0.6) is 0 Å². The maximum Gasteiger partial charge on any atom is 0.0582 e. The molecule has 14 heavy (non-hydrogen) atoms. The van der Waals surface area contributed by atoms with Gasteiger partial charge in [0.1, 0.15) is 0 Å². The Kier molecular flexibility index (Phi) is 3.08. The van der Waals surface area contributed by atoms with E-state index in [-0.39, 0.29) is 5.41 Å². The van der Waals surface area contributed by atoms with Gasteiger partial charge in [-0.05, 0) is 39.0 Å². The summed E-state index contributed by atoms with van der Waals surface area (Å²) in [7, 11) is 0. The quantitative estimate of drug-likeness (QED) is 0.513. The summed E-state index contributed by atoms with van der Waals surface area (Å²) in [4.78, 5) is 0. The van der Waals surface area contributed by atoms with Crippen molar-refractivity contribution in [3.05, 3.63) is 28.8 Å². The van der Waals surface area contributed by atoms with Gasteiger partial charge in [0.25, 0.3) is 0 Å². The zero-order valence-corrected chi connectivity index (χ0v) is 9.44. The van der Waals surface area contributed by atoms with Gasteiger partial charge < -0.3 is 5.73 Å². The van der Waals surface area contributed by atoms with Crippen LogP contribution in [0.4, 0.5) is 5.69 Å². The normalized spacial score (nSPS) is 10.6. The predicted octanol–water partition coefficient (Wildman–Crippen LogP) is 3.32. The van der Waals surface area contributed by atoms with E-state index in [1.54, 1.807) is 12.1 Å². The van der Waals surface area contributed by atoms with Crippen molar-refractivity contribution in [2.75, 3.05) is 5.73 Å². The highest BCUT2D eigenvalue weighted by Crippen LogP contribution is 2.19. The molecule has 0 aliphatic heterocycles. The smallest absolute Gasteiger partial charge is 0.0582 e. The van der Waals surface area contributed by atoms with E-state index in [0.717, 1.165) is 5.56 Å². The van der Waals surface area contributed by atoms with Gasteiger partial charge >= 0.3 is 0 Å². The molecular formula is C12H14ClN. The minimum Gasteiger partial charge on any atom is -0.399 e. The zero-order valence-electron chi connectivity index (χ0n) is 8.69. The molecule has 0 heterocycles. The summed E-state index contributed by atoms with van der Waals surface area (Å²) in [5.41, 5.74) is 7.06. The third kappa shape index (κ3) is 3.32. The number of halogens is 1. The van der Waals surface area contributed by atoms with Gasteiger partial charge in [-0.1, -0.05) is 23.4 Å². The minimum absolute atomic E-state index is 0.00921. The molecule has 1 aromatic carbocycles. The lowest BCUT2D eigenvalue weighted by Gasteiger charge is -2.07. The molecule has 0 aromatic heterocycles. The third-order valence-electron chi connectivity index (χ3n) is 1.57. The van der Waals surface area contributed by atoms with E-state index >= 15 is 0 Å². The molecule has 2 heteroatoms. The molecular weight excluding hydrogens is 194 g/mol. The molecule has 1 nitrogen and oxygen atoms in total. The predicted molar refractivity (Wildman–Crippen MR) is 62.2 cm³/mol. The third-order valence-corrected chi connectivity index (χ3v) is 1.88. The molecule has 0 aliphatic carbocycles. The van der Waals surface area contributed by atoms with E-state index in [4.69, 9.17) is 17.3 Å². The van der Waals surface area contributed by atoms with E-state index in [1.807, 2.05) is 6.07 Å². The van der Waals surface area contributed by atoms with E-state index in [9.17, 15) is 0 Å². The topological polar surface area (TPSA) is 26.0 Å². The maximum absolute atomic E-state index is 5.98. The molecule has 1 aromatic rings. The zero-order chi connectivity index (χ0) is 10.8. The first-order valence-corrected chi connectivity index (χ1v) is 4.84. The molecule has 0 atom stereocenters. The Morgan fingerprint density at radius 3 is 2.43 bits per heavy atom. The summed E-state index contributed by atoms with van der Waals surface area (Å²) in [6.45, 7) is 6.18. The number of anilines is 1. The first kappa shape index (κ1) is 10.9. The van der Waals surface area contributed by atoms with E-state index in [0.29, 0.717) is 10.7 Å². The van der Waals surface area contributed by atoms with Crippen molar-refractivity contribution in [1.29, 1.82) is 0 Å². The van der Waals surface area contributed by atoms with Crippen LogP contribution < -0.4 is 5.73 Å². The number of rotatable bonds is 0. The molecule has 74 valence electrons. The summed E-state index contributed by atoms with van der Waals surface area (Å²) < 4.78 is 0. The van der Waals surface area contributed by atoms with E-state index in [1.165, 1.54) is 0 Å². The first-order valence-electron chi connectivity index (χ1n) is 4.47. The lowest BCUT2D eigenvalue weighted by molar-refractivity contribution is 0.571. The van der Waals surface area contributed by atoms with Gasteiger partial charge in [0, 0.05) is 16.7 Å². The second kappa shape index (κ2) is 3.94. The van der Waals surface area contributed by atoms with Gasteiger partial charge in [-0.2, -0.15) is 0 Å². The number of hydrogen-bond acceptors (Lipinski definition) is 1. The van der Waals surface area contributed by atoms with Crippen molar-refractivity contribution >= 4 is 17.3 Å². The van der Waals surface area contributed by atoms with Gasteiger partial charge in [0.15, 0.2) is 0 Å². The maximum atomic E-state index is 5.98. The minimum atomic E-state index is -0.00921. The molecule has 0 saturated heterocycles. The van der Waals surface area contributed by atoms with Crippen molar-refractivity contribution in [1.82, 2.24) is 0 Å². The highest BCUT2D eigenvalue weighted by Gasteiger charge is 2.04. The monoisotopic (exact) mass is 207 g/mol. The fourth-order valence-electron chi connectivity index (χ4n) is 0.888. The Balaban J connectivity index is 3.02. The number of nitrogens with two attached hydrogens (primary N) is 1. The van der Waals surface area contributed by atoms with Gasteiger partial charge in [-0.25, -0.2) is 0 Å². The van der Waals surface area contributed by atoms with Crippen LogP contribution >= 0.6 is 11.6 Å². The molecule has 0 amide bonds. The summed E-state index contributed by atoms with van der Waals surface area (Å²) in [5, 5.41) is 0.613. The Morgan fingerprint density at radius 2 is 1.93 bits per heavy atom. The number of hydrogen-bond donors (Lipinski definition) is 1. The van der Waals surface area contributed by atoms with Crippen molar-refractivity contribution in [3.8, 4) is 11.8 Å². The van der Waals surface area contributed by atoms with Crippen molar-refractivity contribution in [2.24, 2.45) is 5.41 Å². The van der Waals surface area contributed by atoms with E-state index < -0.39 is 0 Å².